The number of aromatic hydroxyl groups is 1. The van der Waals surface area contributed by atoms with E-state index in [1.165, 1.54) is 36.7 Å². The molecule has 0 saturated carbocycles. The molecule has 0 bridgehead atoms. The van der Waals surface area contributed by atoms with E-state index in [9.17, 15) is 91.7 Å². The first-order valence-corrected chi connectivity index (χ1v) is 41.9. The van der Waals surface area contributed by atoms with Gasteiger partial charge in [-0.25, -0.2) is 0 Å². The maximum absolute atomic E-state index is 15.3. The van der Waals surface area contributed by atoms with E-state index in [0.717, 1.165) is 13.8 Å². The van der Waals surface area contributed by atoms with Gasteiger partial charge in [0, 0.05) is 111 Å². The number of aliphatic hydroxyl groups excluding tert-OH is 1. The van der Waals surface area contributed by atoms with Crippen molar-refractivity contribution < 1.29 is 106 Å². The van der Waals surface area contributed by atoms with E-state index >= 15 is 9.59 Å². The molecule has 0 radical (unpaired) electrons. The highest BCUT2D eigenvalue weighted by atomic mass is 32.1. The van der Waals surface area contributed by atoms with E-state index in [2.05, 4.69) is 115 Å². The van der Waals surface area contributed by atoms with Gasteiger partial charge in [0.25, 0.3) is 0 Å². The smallest absolute Gasteiger partial charge is 0.303 e. The number of benzene rings is 4. The largest absolute Gasteiger partial charge is 0.508 e. The highest BCUT2D eigenvalue weighted by Gasteiger charge is 2.39. The van der Waals surface area contributed by atoms with Crippen LogP contribution in [0.2, 0.25) is 0 Å². The molecule has 13 atom stereocenters. The lowest BCUT2D eigenvalue weighted by molar-refractivity contribution is -0.138. The summed E-state index contributed by atoms with van der Waals surface area (Å²) >= 11 is 8.51. The van der Waals surface area contributed by atoms with Crippen LogP contribution < -0.4 is 108 Å². The maximum atomic E-state index is 15.3. The standard InChI is InChI=1S/C82H109N23O22S2/c1-41(106)69(105-75(121)53(17-10-30-89-82(87)88)96-79(125)61(39-128)94-42(2)107)81(127)103-60(34-46-36-91-51-16-9-7-14-49(46)51)78(124)99-56(24-28-65(85)111)74(120)104-62(40-129)80(126)101-58(32-44-18-20-47(108)21-19-44)76(122)102-59(33-45-35-90-50-15-8-6-13-48(45)50)77(123)98-54(22-26-63(83)109)72(118)97-55(23-27-64(84)110)73(119)100-57(31-43-11-4-3-5-12-43)71(117)93-37-66(112)92-38-67(113)95-52(70(86)116)25-29-68(114)115/h3-9,11-16,18-21,35-36,41,52-62,69,90-91,106,108,128-129H,10,17,22-34,37-40H2,1-2H3,(H2,83,109)(H2,84,110)(H2,85,111)(H2,86,116)(H,92,112)(H,93,117)(H,94,107)(H,95,113)(H,96,125)(H,97,118)(H,98,123)(H,99,124)(H,100,119)(H,101,126)(H,102,122)(H,103,127)(H,104,120)(H,105,121)(H,114,115)(H4,87,88,89)/t41-,52+,53+,54+,55+,56+,57+,58+,59+,60+,61+,62+,69+/m1/s1. The molecule has 31 N–H and O–H groups in total. The third kappa shape index (κ3) is 35.2. The van der Waals surface area contributed by atoms with Crippen molar-refractivity contribution >= 4 is 165 Å². The van der Waals surface area contributed by atoms with Crippen molar-refractivity contribution in [2.75, 3.05) is 31.1 Å². The molecule has 18 amide bonds. The maximum Gasteiger partial charge on any atom is 0.303 e. The number of phenols is 1. The van der Waals surface area contributed by atoms with Crippen LogP contribution in [0.1, 0.15) is 100 Å². The van der Waals surface area contributed by atoms with Crippen LogP contribution in [0.3, 0.4) is 0 Å². The number of hydrogen-bond acceptors (Lipinski definition) is 24. The Balaban J connectivity index is 1.28. The van der Waals surface area contributed by atoms with Gasteiger partial charge in [-0.1, -0.05) is 78.9 Å². The summed E-state index contributed by atoms with van der Waals surface area (Å²) in [6, 6.07) is 6.84. The van der Waals surface area contributed by atoms with E-state index < -0.39 is 273 Å². The van der Waals surface area contributed by atoms with Gasteiger partial charge in [0.1, 0.15) is 78.3 Å². The molecule has 0 aliphatic rings. The van der Waals surface area contributed by atoms with Crippen molar-refractivity contribution in [2.45, 2.75) is 182 Å². The van der Waals surface area contributed by atoms with Crippen molar-refractivity contribution in [3.63, 3.8) is 0 Å². The van der Waals surface area contributed by atoms with Gasteiger partial charge in [0.2, 0.25) is 106 Å². The first-order valence-electron chi connectivity index (χ1n) is 40.6. The molecule has 45 nitrogen and oxygen atoms in total. The van der Waals surface area contributed by atoms with Crippen LogP contribution in [0.15, 0.2) is 116 Å². The SMILES string of the molecule is CC(=O)N[C@@H](CS)C(=O)N[C@@H](CCCNC(=N)N)C(=O)N[C@H](C(=O)N[C@@H](Cc1c[nH]c2ccccc12)C(=O)N[C@@H](CCC(N)=O)C(=O)N[C@@H](CS)C(=O)N[C@@H](Cc1ccc(O)cc1)C(=O)N[C@@H](Cc1c[nH]c2ccccc12)C(=O)N[C@@H](CCC(N)=O)C(=O)N[C@@H](CCC(N)=O)C(=O)N[C@@H](Cc1ccccc1)C(=O)NCC(=O)NCC(=O)N[C@@H](CCC(=O)O)C(N)=O)[C@@H](C)O. The van der Waals surface area contributed by atoms with Gasteiger partial charge >= 0.3 is 5.97 Å². The number of aromatic nitrogens is 2. The highest BCUT2D eigenvalue weighted by Crippen LogP contribution is 2.23. The molecule has 0 aliphatic carbocycles. The van der Waals surface area contributed by atoms with Gasteiger partial charge in [0.05, 0.1) is 19.2 Å². The van der Waals surface area contributed by atoms with Gasteiger partial charge < -0.3 is 134 Å². The second-order valence-corrected chi connectivity index (χ2v) is 30.8. The number of nitrogens with one attached hydrogen (secondary N) is 18. The molecule has 47 heteroatoms. The third-order valence-corrected chi connectivity index (χ3v) is 20.6. The Kier molecular flexibility index (Phi) is 41.6. The lowest BCUT2D eigenvalue weighted by Gasteiger charge is -2.29. The summed E-state index contributed by atoms with van der Waals surface area (Å²) in [5.41, 5.74) is 30.1. The number of H-pyrrole nitrogens is 2. The third-order valence-electron chi connectivity index (χ3n) is 19.9. The van der Waals surface area contributed by atoms with Crippen molar-refractivity contribution in [3.05, 3.63) is 138 Å². The minimum atomic E-state index is -1.89. The predicted molar refractivity (Wildman–Crippen MR) is 471 cm³/mol. The average molecular weight is 1830 g/mol. The van der Waals surface area contributed by atoms with Gasteiger partial charge in [-0.3, -0.25) is 96.5 Å². The number of carbonyl (C=O) groups is 19. The number of fused-ring (bicyclic) bond motifs is 2. The molecule has 0 spiro atoms. The molecule has 129 heavy (non-hydrogen) atoms. The topological polar surface area (TPSA) is 751 Å². The number of rotatable bonds is 55. The molecular formula is C82H109N23O22S2. The zero-order valence-electron chi connectivity index (χ0n) is 70.3. The normalized spacial score (nSPS) is 14.0. The van der Waals surface area contributed by atoms with Crippen molar-refractivity contribution in [3.8, 4) is 5.75 Å². The van der Waals surface area contributed by atoms with Crippen LogP contribution in [0.25, 0.3) is 21.8 Å². The zero-order chi connectivity index (χ0) is 95.1. The molecule has 696 valence electrons. The molecule has 6 aromatic rings. The summed E-state index contributed by atoms with van der Waals surface area (Å²) in [7, 11) is 0. The number of phenolic OH excluding ortho intramolecular Hbond substituents is 1. The van der Waals surface area contributed by atoms with E-state index in [4.69, 9.17) is 39.2 Å². The minimum absolute atomic E-state index is 0.0365. The minimum Gasteiger partial charge on any atom is -0.508 e. The number of amides is 18. The molecule has 2 heterocycles. The molecule has 0 fully saturated rings. The Labute approximate surface area is 748 Å². The van der Waals surface area contributed by atoms with E-state index in [0.29, 0.717) is 38.5 Å². The molecule has 2 aromatic heterocycles. The van der Waals surface area contributed by atoms with Crippen LogP contribution in [0, 0.1) is 5.41 Å². The second kappa shape index (κ2) is 51.9. The Hall–Kier alpha value is -14.4. The number of para-hydroxylation sites is 2. The van der Waals surface area contributed by atoms with Crippen LogP contribution >= 0.6 is 25.3 Å². The van der Waals surface area contributed by atoms with E-state index in [1.807, 2.05) is 0 Å². The number of aliphatic hydroxyl groups is 1. The summed E-state index contributed by atoms with van der Waals surface area (Å²) in [5, 5.41) is 76.0. The van der Waals surface area contributed by atoms with Crippen LogP contribution in [0.4, 0.5) is 0 Å². The van der Waals surface area contributed by atoms with Crippen LogP contribution in [0.5, 0.6) is 5.75 Å². The van der Waals surface area contributed by atoms with Crippen LogP contribution in [-0.2, 0) is 117 Å². The van der Waals surface area contributed by atoms with Gasteiger partial charge in [-0.15, -0.1) is 0 Å². The number of guanidine groups is 1. The number of aliphatic carboxylic acids is 1. The summed E-state index contributed by atoms with van der Waals surface area (Å²) in [5.74, 6) is -21.3. The fraction of sp³-hybridized carbons (Fsp3) is 0.415. The predicted octanol–water partition coefficient (Wildman–Crippen LogP) is -6.65. The van der Waals surface area contributed by atoms with Crippen molar-refractivity contribution in [1.82, 2.24) is 89.7 Å². The molecule has 6 rings (SSSR count). The number of carboxylic acids is 1. The summed E-state index contributed by atoms with van der Waals surface area (Å²) < 4.78 is 0. The molecular weight excluding hydrogens is 1720 g/mol. The summed E-state index contributed by atoms with van der Waals surface area (Å²) in [6.45, 7) is 0.741. The lowest BCUT2D eigenvalue weighted by Crippen LogP contribution is -2.62. The fourth-order valence-electron chi connectivity index (χ4n) is 13.1. The van der Waals surface area contributed by atoms with Crippen LogP contribution in [-0.4, -0.2) is 253 Å². The highest BCUT2D eigenvalue weighted by molar-refractivity contribution is 7.80. The first kappa shape index (κ1) is 103. The fourth-order valence-corrected chi connectivity index (χ4v) is 13.6. The summed E-state index contributed by atoms with van der Waals surface area (Å²) in [4.78, 5) is 265. The van der Waals surface area contributed by atoms with E-state index in [-0.39, 0.29) is 55.7 Å². The van der Waals surface area contributed by atoms with Crippen molar-refractivity contribution in [1.29, 1.82) is 5.41 Å². The number of nitrogens with two attached hydrogens (primary N) is 5. The number of primary amides is 4. The Bertz CT molecular complexity index is 5020. The Morgan fingerprint density at radius 2 is 0.752 bits per heavy atom. The molecule has 4 aromatic carbocycles. The van der Waals surface area contributed by atoms with Gasteiger partial charge in [0.15, 0.2) is 5.96 Å². The number of thiol groups is 2. The molecule has 0 unspecified atom stereocenters. The van der Waals surface area contributed by atoms with Crippen molar-refractivity contribution in [2.24, 2.45) is 28.7 Å². The lowest BCUT2D eigenvalue weighted by atomic mass is 10.0. The number of aromatic amines is 2. The molecule has 0 saturated heterocycles. The quantitative estimate of drug-likeness (QED) is 0.00730. The molecule has 0 aliphatic heterocycles. The average Bonchev–Trinajstić information content (AvgIpc) is 1.68. The summed E-state index contributed by atoms with van der Waals surface area (Å²) in [6.07, 6.45) is -4.67. The monoisotopic (exact) mass is 1830 g/mol. The zero-order valence-corrected chi connectivity index (χ0v) is 72.1. The second-order valence-electron chi connectivity index (χ2n) is 30.0. The first-order chi connectivity index (χ1) is 61.2. The Morgan fingerprint density at radius 3 is 1.18 bits per heavy atom. The Morgan fingerprint density at radius 1 is 0.388 bits per heavy atom. The number of carbonyl (C=O) groups excluding carboxylic acids is 18. The number of carboxylic acid groups (broad SMARTS) is 1. The van der Waals surface area contributed by atoms with Gasteiger partial charge in [-0.05, 0) is 92.0 Å². The number of hydrogen-bond donors (Lipinski definition) is 28. The van der Waals surface area contributed by atoms with E-state index in [1.54, 1.807) is 78.9 Å². The van der Waals surface area contributed by atoms with Gasteiger partial charge in [-0.2, -0.15) is 25.3 Å².